The van der Waals surface area contributed by atoms with Crippen molar-refractivity contribution in [2.75, 3.05) is 7.05 Å². The van der Waals surface area contributed by atoms with Crippen LogP contribution in [0.4, 0.5) is 0 Å². The second-order valence-electron chi connectivity index (χ2n) is 4.90. The maximum absolute atomic E-state index is 11.4. The normalized spacial score (nSPS) is 11.5. The molecule has 17 heavy (non-hydrogen) atoms. The van der Waals surface area contributed by atoms with Gasteiger partial charge in [-0.25, -0.2) is 9.67 Å². The van der Waals surface area contributed by atoms with Crippen LogP contribution in [-0.4, -0.2) is 27.7 Å². The van der Waals surface area contributed by atoms with Crippen molar-refractivity contribution in [3.8, 4) is 0 Å². The third-order valence-electron chi connectivity index (χ3n) is 2.95. The second-order valence-corrected chi connectivity index (χ2v) is 4.90. The third-order valence-corrected chi connectivity index (χ3v) is 2.95. The van der Waals surface area contributed by atoms with Crippen LogP contribution in [0, 0.1) is 0 Å². The summed E-state index contributed by atoms with van der Waals surface area (Å²) in [4.78, 5) is 15.7. The molecule has 1 aromatic rings. The summed E-state index contributed by atoms with van der Waals surface area (Å²) in [5.41, 5.74) is -0.0411. The van der Waals surface area contributed by atoms with Crippen LogP contribution in [0.5, 0.6) is 0 Å². The predicted octanol–water partition coefficient (Wildman–Crippen LogP) is 1.49. The molecule has 1 amide bonds. The molecule has 0 fully saturated rings. The average Bonchev–Trinajstić information content (AvgIpc) is 2.75. The summed E-state index contributed by atoms with van der Waals surface area (Å²) in [5, 5.41) is 6.72. The zero-order chi connectivity index (χ0) is 12.9. The monoisotopic (exact) mass is 238 g/mol. The number of likely N-dealkylation sites (N-methyl/N-ethyl adjacent to an activating group) is 1. The van der Waals surface area contributed by atoms with Crippen molar-refractivity contribution in [3.63, 3.8) is 0 Å². The SMILES string of the molecule is CCCCC(C)(C)c1ncnn1CC(=O)NC. The number of nitrogens with one attached hydrogen (secondary N) is 1. The van der Waals surface area contributed by atoms with E-state index in [1.54, 1.807) is 11.7 Å². The first-order chi connectivity index (χ1) is 8.01. The highest BCUT2D eigenvalue weighted by Crippen LogP contribution is 2.26. The van der Waals surface area contributed by atoms with E-state index in [-0.39, 0.29) is 17.9 Å². The number of rotatable bonds is 6. The van der Waals surface area contributed by atoms with Gasteiger partial charge in [0.15, 0.2) is 0 Å². The van der Waals surface area contributed by atoms with E-state index >= 15 is 0 Å². The van der Waals surface area contributed by atoms with Crippen LogP contribution in [0.15, 0.2) is 6.33 Å². The lowest BCUT2D eigenvalue weighted by atomic mass is 9.86. The van der Waals surface area contributed by atoms with Crippen LogP contribution in [0.3, 0.4) is 0 Å². The second kappa shape index (κ2) is 5.80. The van der Waals surface area contributed by atoms with Gasteiger partial charge in [0.1, 0.15) is 18.7 Å². The summed E-state index contributed by atoms with van der Waals surface area (Å²) in [6.07, 6.45) is 4.88. The smallest absolute Gasteiger partial charge is 0.241 e. The van der Waals surface area contributed by atoms with Gasteiger partial charge in [0.05, 0.1) is 0 Å². The Bertz CT molecular complexity index is 370. The van der Waals surface area contributed by atoms with Crippen molar-refractivity contribution in [1.82, 2.24) is 20.1 Å². The Morgan fingerprint density at radius 1 is 1.53 bits per heavy atom. The van der Waals surface area contributed by atoms with E-state index < -0.39 is 0 Å². The van der Waals surface area contributed by atoms with Crippen LogP contribution in [0.1, 0.15) is 45.9 Å². The van der Waals surface area contributed by atoms with Crippen molar-refractivity contribution in [1.29, 1.82) is 0 Å². The van der Waals surface area contributed by atoms with Gasteiger partial charge in [0.25, 0.3) is 0 Å². The molecule has 1 N–H and O–H groups in total. The maximum Gasteiger partial charge on any atom is 0.241 e. The standard InChI is InChI=1S/C12H22N4O/c1-5-6-7-12(2,3)11-14-9-15-16(11)8-10(17)13-4/h9H,5-8H2,1-4H3,(H,13,17). The molecule has 1 rings (SSSR count). The van der Waals surface area contributed by atoms with Crippen molar-refractivity contribution >= 4 is 5.91 Å². The van der Waals surface area contributed by atoms with Crippen molar-refractivity contribution in [2.45, 2.75) is 52.0 Å². The molecule has 0 atom stereocenters. The van der Waals surface area contributed by atoms with Gasteiger partial charge in [-0.1, -0.05) is 33.6 Å². The van der Waals surface area contributed by atoms with E-state index in [2.05, 4.69) is 36.2 Å². The zero-order valence-electron chi connectivity index (χ0n) is 11.2. The number of aromatic nitrogens is 3. The molecule has 96 valence electrons. The molecule has 0 aromatic carbocycles. The summed E-state index contributed by atoms with van der Waals surface area (Å²) in [5.74, 6) is 0.831. The number of amides is 1. The maximum atomic E-state index is 11.4. The number of hydrogen-bond donors (Lipinski definition) is 1. The number of unbranched alkanes of at least 4 members (excludes halogenated alkanes) is 1. The number of nitrogens with zero attached hydrogens (tertiary/aromatic N) is 3. The highest BCUT2D eigenvalue weighted by molar-refractivity contribution is 5.75. The van der Waals surface area contributed by atoms with E-state index in [4.69, 9.17) is 0 Å². The Morgan fingerprint density at radius 3 is 2.82 bits per heavy atom. The molecule has 0 spiro atoms. The summed E-state index contributed by atoms with van der Waals surface area (Å²) in [7, 11) is 1.63. The van der Waals surface area contributed by atoms with Gasteiger partial charge in [0.2, 0.25) is 5.91 Å². The lowest BCUT2D eigenvalue weighted by molar-refractivity contribution is -0.121. The summed E-state index contributed by atoms with van der Waals surface area (Å²) in [6.45, 7) is 6.70. The summed E-state index contributed by atoms with van der Waals surface area (Å²) >= 11 is 0. The van der Waals surface area contributed by atoms with Gasteiger partial charge in [-0.05, 0) is 6.42 Å². The third kappa shape index (κ3) is 3.54. The molecule has 5 heteroatoms. The zero-order valence-corrected chi connectivity index (χ0v) is 11.2. The van der Waals surface area contributed by atoms with E-state index in [1.807, 2.05) is 0 Å². The Morgan fingerprint density at radius 2 is 2.24 bits per heavy atom. The Balaban J connectivity index is 2.83. The number of carbonyl (C=O) groups is 1. The van der Waals surface area contributed by atoms with Gasteiger partial charge >= 0.3 is 0 Å². The Hall–Kier alpha value is -1.39. The lowest BCUT2D eigenvalue weighted by Crippen LogP contribution is -2.29. The average molecular weight is 238 g/mol. The van der Waals surface area contributed by atoms with Crippen LogP contribution in [0.2, 0.25) is 0 Å². The van der Waals surface area contributed by atoms with Gasteiger partial charge in [0, 0.05) is 12.5 Å². The van der Waals surface area contributed by atoms with Gasteiger partial charge in [-0.15, -0.1) is 0 Å². The molecule has 0 saturated carbocycles. The first-order valence-corrected chi connectivity index (χ1v) is 6.10. The Labute approximate surface area is 103 Å². The fourth-order valence-electron chi connectivity index (χ4n) is 1.85. The molecule has 0 bridgehead atoms. The van der Waals surface area contributed by atoms with E-state index in [0.29, 0.717) is 0 Å². The number of hydrogen-bond acceptors (Lipinski definition) is 3. The van der Waals surface area contributed by atoms with Crippen LogP contribution < -0.4 is 5.32 Å². The minimum Gasteiger partial charge on any atom is -0.358 e. The minimum absolute atomic E-state index is 0.0411. The highest BCUT2D eigenvalue weighted by atomic mass is 16.1. The first-order valence-electron chi connectivity index (χ1n) is 6.10. The molecule has 0 radical (unpaired) electrons. The molecule has 0 aliphatic rings. The van der Waals surface area contributed by atoms with Crippen LogP contribution in [0.25, 0.3) is 0 Å². The van der Waals surface area contributed by atoms with Crippen molar-refractivity contribution in [3.05, 3.63) is 12.2 Å². The lowest BCUT2D eigenvalue weighted by Gasteiger charge is -2.23. The molecular weight excluding hydrogens is 216 g/mol. The van der Waals surface area contributed by atoms with E-state index in [0.717, 1.165) is 25.1 Å². The van der Waals surface area contributed by atoms with Crippen molar-refractivity contribution in [2.24, 2.45) is 0 Å². The van der Waals surface area contributed by atoms with Crippen LogP contribution >= 0.6 is 0 Å². The van der Waals surface area contributed by atoms with E-state index in [1.165, 1.54) is 6.33 Å². The topological polar surface area (TPSA) is 59.8 Å². The molecule has 1 aromatic heterocycles. The number of carbonyl (C=O) groups excluding carboxylic acids is 1. The minimum atomic E-state index is -0.0527. The molecule has 0 aliphatic heterocycles. The van der Waals surface area contributed by atoms with E-state index in [9.17, 15) is 4.79 Å². The molecule has 1 heterocycles. The fraction of sp³-hybridized carbons (Fsp3) is 0.750. The molecule has 0 unspecified atom stereocenters. The van der Waals surface area contributed by atoms with Gasteiger partial charge in [-0.3, -0.25) is 4.79 Å². The molecule has 5 nitrogen and oxygen atoms in total. The Kier molecular flexibility index (Phi) is 4.66. The summed E-state index contributed by atoms with van der Waals surface area (Å²) < 4.78 is 1.69. The first kappa shape index (κ1) is 13.7. The largest absolute Gasteiger partial charge is 0.358 e. The summed E-state index contributed by atoms with van der Waals surface area (Å²) in [6, 6.07) is 0. The van der Waals surface area contributed by atoms with Gasteiger partial charge < -0.3 is 5.32 Å². The molecular formula is C12H22N4O. The molecule has 0 aliphatic carbocycles. The van der Waals surface area contributed by atoms with Gasteiger partial charge in [-0.2, -0.15) is 5.10 Å². The highest BCUT2D eigenvalue weighted by Gasteiger charge is 2.26. The molecule has 0 saturated heterocycles. The fourth-order valence-corrected chi connectivity index (χ4v) is 1.85. The van der Waals surface area contributed by atoms with Crippen LogP contribution in [-0.2, 0) is 16.8 Å². The predicted molar refractivity (Wildman–Crippen MR) is 66.6 cm³/mol. The quantitative estimate of drug-likeness (QED) is 0.817. The van der Waals surface area contributed by atoms with Crippen molar-refractivity contribution < 1.29 is 4.79 Å².